The Morgan fingerprint density at radius 2 is 1.85 bits per heavy atom. The van der Waals surface area contributed by atoms with Crippen molar-refractivity contribution in [2.45, 2.75) is 27.2 Å². The van der Waals surface area contributed by atoms with Gasteiger partial charge in [-0.25, -0.2) is 4.79 Å². The molecule has 0 saturated heterocycles. The van der Waals surface area contributed by atoms with E-state index in [2.05, 4.69) is 10.4 Å². The third-order valence-corrected chi connectivity index (χ3v) is 6.32. The number of nitrogens with zero attached hydrogens (tertiary/aromatic N) is 2. The van der Waals surface area contributed by atoms with Crippen molar-refractivity contribution in [3.8, 4) is 11.1 Å². The predicted octanol–water partition coefficient (Wildman–Crippen LogP) is 4.32. The number of ether oxygens (including phenoxy) is 2. The lowest BCUT2D eigenvalue weighted by Crippen LogP contribution is -2.22. The molecule has 1 N–H and O–H groups in total. The lowest BCUT2D eigenvalue weighted by Gasteiger charge is -2.09. The molecule has 3 aromatic rings. The van der Waals surface area contributed by atoms with Crippen molar-refractivity contribution in [2.24, 2.45) is 7.05 Å². The second-order valence-electron chi connectivity index (χ2n) is 7.20. The number of hydrogen-bond donors (Lipinski definition) is 1. The lowest BCUT2D eigenvalue weighted by atomic mass is 10.0. The van der Waals surface area contributed by atoms with Gasteiger partial charge in [-0.2, -0.15) is 5.10 Å². The van der Waals surface area contributed by atoms with E-state index in [1.54, 1.807) is 18.7 Å². The van der Waals surface area contributed by atoms with Crippen molar-refractivity contribution in [3.63, 3.8) is 0 Å². The highest BCUT2D eigenvalue weighted by Crippen LogP contribution is 2.43. The number of hydrogen-bond acceptors (Lipinski definition) is 7. The molecule has 1 aromatic carbocycles. The standard InChI is InChI=1S/C23H24ClN3O5S/c1-5-31-23(30)20-19(15-9-7-6-8-10-15)21(24)33-22(20)25-17(28)12-32-18(29)11-16-13(2)26-27(4)14(16)3/h6-10H,5,11-12H2,1-4H3,(H,25,28). The van der Waals surface area contributed by atoms with Crippen LogP contribution < -0.4 is 5.32 Å². The van der Waals surface area contributed by atoms with Gasteiger partial charge in [-0.05, 0) is 26.3 Å². The minimum atomic E-state index is -0.602. The molecule has 0 atom stereocenters. The third kappa shape index (κ3) is 5.61. The van der Waals surface area contributed by atoms with Gasteiger partial charge in [0.2, 0.25) is 0 Å². The minimum Gasteiger partial charge on any atom is -0.462 e. The van der Waals surface area contributed by atoms with Gasteiger partial charge in [0.25, 0.3) is 5.91 Å². The molecule has 0 aliphatic rings. The van der Waals surface area contributed by atoms with Gasteiger partial charge in [-0.15, -0.1) is 11.3 Å². The summed E-state index contributed by atoms with van der Waals surface area (Å²) >= 11 is 7.47. The predicted molar refractivity (Wildman–Crippen MR) is 127 cm³/mol. The molecule has 0 aliphatic heterocycles. The number of esters is 2. The second-order valence-corrected chi connectivity index (χ2v) is 8.82. The monoisotopic (exact) mass is 489 g/mol. The van der Waals surface area contributed by atoms with Crippen LogP contribution in [0.3, 0.4) is 0 Å². The van der Waals surface area contributed by atoms with Crippen LogP contribution in [0.2, 0.25) is 4.34 Å². The summed E-state index contributed by atoms with van der Waals surface area (Å²) in [5.74, 6) is -1.75. The smallest absolute Gasteiger partial charge is 0.341 e. The first-order chi connectivity index (χ1) is 15.7. The van der Waals surface area contributed by atoms with Crippen molar-refractivity contribution in [3.05, 3.63) is 57.2 Å². The molecule has 0 bridgehead atoms. The Morgan fingerprint density at radius 1 is 1.15 bits per heavy atom. The van der Waals surface area contributed by atoms with Gasteiger partial charge in [0.15, 0.2) is 6.61 Å². The molecular formula is C23H24ClN3O5S. The summed E-state index contributed by atoms with van der Waals surface area (Å²) in [4.78, 5) is 37.4. The van der Waals surface area contributed by atoms with Gasteiger partial charge in [-0.3, -0.25) is 14.3 Å². The van der Waals surface area contributed by atoms with Crippen LogP contribution in [0.25, 0.3) is 11.1 Å². The Kier molecular flexibility index (Phi) is 7.88. The van der Waals surface area contributed by atoms with Gasteiger partial charge in [0, 0.05) is 23.9 Å². The highest BCUT2D eigenvalue weighted by atomic mass is 35.5. The van der Waals surface area contributed by atoms with Crippen LogP contribution in [0.4, 0.5) is 5.00 Å². The zero-order valence-corrected chi connectivity index (χ0v) is 20.3. The van der Waals surface area contributed by atoms with E-state index in [-0.39, 0.29) is 23.6 Å². The van der Waals surface area contributed by atoms with Crippen LogP contribution in [0.15, 0.2) is 30.3 Å². The first kappa shape index (κ1) is 24.5. The molecule has 0 radical (unpaired) electrons. The topological polar surface area (TPSA) is 99.5 Å². The Morgan fingerprint density at radius 3 is 2.45 bits per heavy atom. The highest BCUT2D eigenvalue weighted by Gasteiger charge is 2.26. The molecule has 2 heterocycles. The quantitative estimate of drug-likeness (QED) is 0.473. The molecule has 0 saturated carbocycles. The zero-order valence-electron chi connectivity index (χ0n) is 18.7. The van der Waals surface area contributed by atoms with Gasteiger partial charge in [-0.1, -0.05) is 41.9 Å². The summed E-state index contributed by atoms with van der Waals surface area (Å²) in [6, 6.07) is 9.11. The van der Waals surface area contributed by atoms with Gasteiger partial charge < -0.3 is 14.8 Å². The molecule has 8 nitrogen and oxygen atoms in total. The number of amides is 1. The Hall–Kier alpha value is -3.17. The number of rotatable bonds is 8. The molecule has 33 heavy (non-hydrogen) atoms. The van der Waals surface area contributed by atoms with E-state index in [1.807, 2.05) is 44.2 Å². The van der Waals surface area contributed by atoms with Crippen molar-refractivity contribution < 1.29 is 23.9 Å². The fourth-order valence-corrected chi connectivity index (χ4v) is 4.72. The number of halogens is 1. The summed E-state index contributed by atoms with van der Waals surface area (Å²) in [5.41, 5.74) is 3.72. The highest BCUT2D eigenvalue weighted by molar-refractivity contribution is 7.21. The summed E-state index contributed by atoms with van der Waals surface area (Å²) < 4.78 is 12.3. The number of thiophene rings is 1. The third-order valence-electron chi connectivity index (χ3n) is 5.00. The molecule has 0 aliphatic carbocycles. The van der Waals surface area contributed by atoms with Crippen LogP contribution in [0.1, 0.15) is 34.2 Å². The summed E-state index contributed by atoms with van der Waals surface area (Å²) in [5, 5.41) is 7.13. The fourth-order valence-electron chi connectivity index (χ4n) is 3.33. The normalized spacial score (nSPS) is 10.7. The van der Waals surface area contributed by atoms with E-state index in [4.69, 9.17) is 21.1 Å². The van der Waals surface area contributed by atoms with Gasteiger partial charge in [0.05, 0.1) is 18.7 Å². The molecule has 0 spiro atoms. The molecule has 10 heteroatoms. The van der Waals surface area contributed by atoms with E-state index in [9.17, 15) is 14.4 Å². The Bertz CT molecular complexity index is 1190. The van der Waals surface area contributed by atoms with E-state index in [1.165, 1.54) is 0 Å². The maximum Gasteiger partial charge on any atom is 0.341 e. The van der Waals surface area contributed by atoms with Crippen LogP contribution in [-0.2, 0) is 32.5 Å². The number of aryl methyl sites for hydroxylation is 2. The molecular weight excluding hydrogens is 466 g/mol. The maximum absolute atomic E-state index is 12.7. The Labute approximate surface area is 200 Å². The maximum atomic E-state index is 12.7. The van der Waals surface area contributed by atoms with Gasteiger partial charge >= 0.3 is 11.9 Å². The number of carbonyl (C=O) groups is 3. The number of anilines is 1. The van der Waals surface area contributed by atoms with E-state index >= 15 is 0 Å². The minimum absolute atomic E-state index is 0.00977. The SMILES string of the molecule is CCOC(=O)c1c(NC(=O)COC(=O)Cc2c(C)nn(C)c2C)sc(Cl)c1-c1ccccc1. The summed E-state index contributed by atoms with van der Waals surface area (Å²) in [6.07, 6.45) is 0.00977. The largest absolute Gasteiger partial charge is 0.462 e. The first-order valence-electron chi connectivity index (χ1n) is 10.2. The van der Waals surface area contributed by atoms with E-state index < -0.39 is 24.5 Å². The van der Waals surface area contributed by atoms with Crippen molar-refractivity contribution in [1.82, 2.24) is 9.78 Å². The van der Waals surface area contributed by atoms with Crippen LogP contribution in [-0.4, -0.2) is 40.8 Å². The van der Waals surface area contributed by atoms with Crippen molar-refractivity contribution in [1.29, 1.82) is 0 Å². The molecule has 0 unspecified atom stereocenters. The van der Waals surface area contributed by atoms with E-state index in [0.717, 1.165) is 33.9 Å². The summed E-state index contributed by atoms with van der Waals surface area (Å²) in [6.45, 7) is 5.02. The first-order valence-corrected chi connectivity index (χ1v) is 11.4. The average Bonchev–Trinajstić information content (AvgIpc) is 3.23. The van der Waals surface area contributed by atoms with Crippen molar-refractivity contribution >= 4 is 45.8 Å². The number of carbonyl (C=O) groups excluding carboxylic acids is 3. The fraction of sp³-hybridized carbons (Fsp3) is 0.304. The molecule has 0 fully saturated rings. The zero-order chi connectivity index (χ0) is 24.1. The number of benzene rings is 1. The molecule has 1 amide bonds. The lowest BCUT2D eigenvalue weighted by molar-refractivity contribution is -0.146. The second kappa shape index (κ2) is 10.6. The number of aromatic nitrogens is 2. The Balaban J connectivity index is 1.74. The molecule has 2 aromatic heterocycles. The number of nitrogens with one attached hydrogen (secondary N) is 1. The molecule has 174 valence electrons. The molecule has 3 rings (SSSR count). The average molecular weight is 490 g/mol. The van der Waals surface area contributed by atoms with Gasteiger partial charge in [0.1, 0.15) is 14.9 Å². The van der Waals surface area contributed by atoms with E-state index in [0.29, 0.717) is 9.90 Å². The van der Waals surface area contributed by atoms with Crippen LogP contribution >= 0.6 is 22.9 Å². The summed E-state index contributed by atoms with van der Waals surface area (Å²) in [7, 11) is 1.79. The van der Waals surface area contributed by atoms with Crippen LogP contribution in [0.5, 0.6) is 0 Å². The van der Waals surface area contributed by atoms with Crippen molar-refractivity contribution in [2.75, 3.05) is 18.5 Å². The van der Waals surface area contributed by atoms with Crippen LogP contribution in [0, 0.1) is 13.8 Å².